The molecule has 2 saturated carbocycles. The zero-order valence-electron chi connectivity index (χ0n) is 29.9. The van der Waals surface area contributed by atoms with Crippen molar-refractivity contribution in [2.75, 3.05) is 13.7 Å². The molecule has 5 atom stereocenters. The maximum absolute atomic E-state index is 14.4. The number of aromatic carboxylic acids is 1. The Kier molecular flexibility index (Phi) is 12.0. The second-order valence-electron chi connectivity index (χ2n) is 14.4. The number of carbonyl (C=O) groups is 5. The number of hydrogen-bond acceptors (Lipinski definition) is 10. The Morgan fingerprint density at radius 1 is 1.12 bits per heavy atom. The summed E-state index contributed by atoms with van der Waals surface area (Å²) < 4.78 is 17.0. The Labute approximate surface area is 314 Å². The molecule has 2 N–H and O–H groups in total. The van der Waals surface area contributed by atoms with Gasteiger partial charge in [-0.2, -0.15) is 0 Å². The SMILES string of the molecule is C=C[C@@H]1C[C@]1(NC(=O)[C@@H]1C[C@@H](Oc2cc(C(=O)[O-])nc3c(C)c(C)ccc23)CN1C(=O)[C@@H](NC(=O)OC1CCCC1)C(C)(C)C)C(=O)OC.[Na+]. The van der Waals surface area contributed by atoms with Crippen LogP contribution < -0.4 is 50.0 Å². The fraction of sp³-hybridized carbons (Fsp3) is 0.556. The summed E-state index contributed by atoms with van der Waals surface area (Å²) in [4.78, 5) is 71.8. The summed E-state index contributed by atoms with van der Waals surface area (Å²) in [6.07, 6.45) is 3.58. The van der Waals surface area contributed by atoms with Gasteiger partial charge in [-0.25, -0.2) is 14.6 Å². The van der Waals surface area contributed by atoms with Gasteiger partial charge < -0.3 is 39.6 Å². The van der Waals surface area contributed by atoms with Crippen LogP contribution in [0.3, 0.4) is 0 Å². The van der Waals surface area contributed by atoms with Gasteiger partial charge in [0.05, 0.1) is 30.8 Å². The zero-order valence-corrected chi connectivity index (χ0v) is 31.9. The summed E-state index contributed by atoms with van der Waals surface area (Å²) in [6.45, 7) is 12.8. The first-order valence-electron chi connectivity index (χ1n) is 16.7. The molecular weight excluding hydrogens is 655 g/mol. The molecule has 5 rings (SSSR count). The number of aromatic nitrogens is 1. The number of aryl methyl sites for hydroxylation is 2. The van der Waals surface area contributed by atoms with Crippen molar-refractivity contribution in [2.24, 2.45) is 11.3 Å². The van der Waals surface area contributed by atoms with Crippen LogP contribution in [0, 0.1) is 25.2 Å². The molecule has 0 bridgehead atoms. The predicted molar refractivity (Wildman–Crippen MR) is 176 cm³/mol. The van der Waals surface area contributed by atoms with Crippen molar-refractivity contribution in [3.8, 4) is 5.75 Å². The number of pyridine rings is 1. The number of nitrogens with one attached hydrogen (secondary N) is 2. The van der Waals surface area contributed by atoms with Gasteiger partial charge in [0.15, 0.2) is 0 Å². The second kappa shape index (κ2) is 15.3. The molecule has 2 heterocycles. The molecule has 2 aliphatic carbocycles. The second-order valence-corrected chi connectivity index (χ2v) is 14.4. The van der Waals surface area contributed by atoms with E-state index in [1.807, 2.05) is 19.9 Å². The summed E-state index contributed by atoms with van der Waals surface area (Å²) >= 11 is 0. The fourth-order valence-corrected chi connectivity index (χ4v) is 6.87. The minimum absolute atomic E-state index is 0. The van der Waals surface area contributed by atoms with E-state index >= 15 is 0 Å². The Morgan fingerprint density at radius 2 is 1.80 bits per heavy atom. The number of alkyl carbamates (subject to hydrolysis) is 1. The van der Waals surface area contributed by atoms with Crippen molar-refractivity contribution in [2.45, 2.75) is 103 Å². The topological polar surface area (TPSA) is 176 Å². The minimum atomic E-state index is -1.48. The van der Waals surface area contributed by atoms with Crippen molar-refractivity contribution in [3.05, 3.63) is 47.7 Å². The number of ether oxygens (including phenoxy) is 3. The van der Waals surface area contributed by atoms with E-state index in [1.54, 1.807) is 32.9 Å². The van der Waals surface area contributed by atoms with Crippen molar-refractivity contribution in [3.63, 3.8) is 0 Å². The molecule has 1 aromatic carbocycles. The molecule has 0 radical (unpaired) electrons. The first-order chi connectivity index (χ1) is 23.1. The monoisotopic (exact) mass is 700 g/mol. The molecular formula is C36H45N4NaO9. The van der Waals surface area contributed by atoms with Crippen molar-refractivity contribution in [1.82, 2.24) is 20.5 Å². The van der Waals surface area contributed by atoms with E-state index in [-0.39, 0.29) is 66.0 Å². The van der Waals surface area contributed by atoms with Gasteiger partial charge >= 0.3 is 41.6 Å². The Bertz CT molecular complexity index is 1690. The third-order valence-electron chi connectivity index (χ3n) is 9.96. The summed E-state index contributed by atoms with van der Waals surface area (Å²) in [6, 6.07) is 2.73. The van der Waals surface area contributed by atoms with Crippen LogP contribution >= 0.6 is 0 Å². The minimum Gasteiger partial charge on any atom is -0.543 e. The van der Waals surface area contributed by atoms with Crippen molar-refractivity contribution >= 4 is 40.7 Å². The number of amides is 3. The van der Waals surface area contributed by atoms with Gasteiger partial charge in [0.2, 0.25) is 11.8 Å². The first-order valence-corrected chi connectivity index (χ1v) is 16.7. The average Bonchev–Trinajstić information content (AvgIpc) is 3.32. The number of carboxylic acids is 1. The molecule has 264 valence electrons. The number of carboxylic acid groups (broad SMARTS) is 1. The van der Waals surface area contributed by atoms with Crippen LogP contribution in [-0.4, -0.2) is 83.2 Å². The van der Waals surface area contributed by atoms with Gasteiger partial charge in [0.1, 0.15) is 35.6 Å². The van der Waals surface area contributed by atoms with Crippen molar-refractivity contribution in [1.29, 1.82) is 0 Å². The van der Waals surface area contributed by atoms with Gasteiger partial charge in [-0.3, -0.25) is 9.59 Å². The van der Waals surface area contributed by atoms with Crippen LogP contribution in [0.5, 0.6) is 5.75 Å². The van der Waals surface area contributed by atoms with Crippen LogP contribution in [0.2, 0.25) is 0 Å². The number of likely N-dealkylation sites (tertiary alicyclic amines) is 1. The quantitative estimate of drug-likeness (QED) is 0.193. The number of fused-ring (bicyclic) bond motifs is 1. The van der Waals surface area contributed by atoms with Gasteiger partial charge in [0.25, 0.3) is 0 Å². The third-order valence-corrected chi connectivity index (χ3v) is 9.96. The van der Waals surface area contributed by atoms with Gasteiger partial charge in [-0.1, -0.05) is 32.9 Å². The standard InChI is InChI=1S/C36H46N4O9.Na/c1-8-21-17-36(21,33(45)47-7)39-30(41)26-15-23(48-27-16-25(32(43)44)37-28-20(3)19(2)13-14-24(27)28)18-40(26)31(42)29(35(4,5)6)38-34(46)49-22-11-9-10-12-22;/h8,13-14,16,21-23,26,29H,1,9-12,15,17-18H2,2-7H3,(H,38,46)(H,39,41)(H,43,44);/q;+1/p-1/t21-,23-,26+,29-,36-;/m1./s1. The van der Waals surface area contributed by atoms with Crippen LogP contribution in [0.15, 0.2) is 30.9 Å². The Balaban J connectivity index is 0.00000562. The van der Waals surface area contributed by atoms with E-state index < -0.39 is 59.0 Å². The number of nitrogens with zero attached hydrogens (tertiary/aromatic N) is 2. The first kappa shape index (κ1) is 39.1. The van der Waals surface area contributed by atoms with Gasteiger partial charge in [0, 0.05) is 23.8 Å². The zero-order chi connectivity index (χ0) is 35.8. The maximum Gasteiger partial charge on any atom is 1.00 e. The summed E-state index contributed by atoms with van der Waals surface area (Å²) in [5.41, 5.74) is -0.320. The molecule has 13 nitrogen and oxygen atoms in total. The van der Waals surface area contributed by atoms with E-state index in [1.165, 1.54) is 18.1 Å². The summed E-state index contributed by atoms with van der Waals surface area (Å²) in [7, 11) is 1.23. The molecule has 3 fully saturated rings. The fourth-order valence-electron chi connectivity index (χ4n) is 6.87. The van der Waals surface area contributed by atoms with Gasteiger partial charge in [-0.15, -0.1) is 6.58 Å². The molecule has 14 heteroatoms. The molecule has 1 aromatic heterocycles. The number of hydrogen-bond donors (Lipinski definition) is 2. The molecule has 2 aromatic rings. The Morgan fingerprint density at radius 3 is 2.38 bits per heavy atom. The van der Waals surface area contributed by atoms with E-state index in [4.69, 9.17) is 14.2 Å². The average molecular weight is 701 g/mol. The van der Waals surface area contributed by atoms with Crippen LogP contribution in [0.4, 0.5) is 4.79 Å². The van der Waals surface area contributed by atoms with E-state index in [9.17, 15) is 29.1 Å². The molecule has 0 unspecified atom stereocenters. The summed E-state index contributed by atoms with van der Waals surface area (Å²) in [5.74, 6) is -3.39. The van der Waals surface area contributed by atoms with E-state index in [2.05, 4.69) is 22.2 Å². The number of esters is 1. The molecule has 1 aliphatic heterocycles. The normalized spacial score (nSPS) is 23.7. The predicted octanol–water partition coefficient (Wildman–Crippen LogP) is -0.115. The number of methoxy groups -OCH3 is 1. The smallest absolute Gasteiger partial charge is 0.543 e. The molecule has 3 aliphatic rings. The van der Waals surface area contributed by atoms with E-state index in [0.29, 0.717) is 17.3 Å². The molecule has 3 amide bonds. The molecule has 50 heavy (non-hydrogen) atoms. The maximum atomic E-state index is 14.4. The van der Waals surface area contributed by atoms with Crippen molar-refractivity contribution < 1.29 is 72.8 Å². The van der Waals surface area contributed by atoms with Crippen LogP contribution in [0.25, 0.3) is 10.9 Å². The summed E-state index contributed by atoms with van der Waals surface area (Å²) in [5, 5.41) is 18.1. The Hall–Kier alpha value is -3.68. The number of benzene rings is 1. The van der Waals surface area contributed by atoms with Crippen LogP contribution in [-0.2, 0) is 23.9 Å². The van der Waals surface area contributed by atoms with Crippen LogP contribution in [0.1, 0.15) is 80.9 Å². The molecule has 0 spiro atoms. The number of carbonyl (C=O) groups excluding carboxylic acids is 5. The number of rotatable bonds is 10. The van der Waals surface area contributed by atoms with Gasteiger partial charge in [-0.05, 0) is 68.6 Å². The van der Waals surface area contributed by atoms with E-state index in [0.717, 1.165) is 36.8 Å². The third kappa shape index (κ3) is 7.94. The molecule has 1 saturated heterocycles. The largest absolute Gasteiger partial charge is 1.00 e.